The second kappa shape index (κ2) is 60.4. The molecule has 0 atom stereocenters. The number of hydrogen-bond acceptors (Lipinski definition) is 4. The summed E-state index contributed by atoms with van der Waals surface area (Å²) in [5.41, 5.74) is 25.1. The summed E-state index contributed by atoms with van der Waals surface area (Å²) in [6.07, 6.45) is 0. The monoisotopic (exact) mass is 301 g/mol. The van der Waals surface area contributed by atoms with Crippen molar-refractivity contribution in [1.29, 1.82) is 0 Å². The van der Waals surface area contributed by atoms with Gasteiger partial charge in [-0.05, 0) is 0 Å². The Morgan fingerprint density at radius 3 is 1.06 bits per heavy atom. The van der Waals surface area contributed by atoms with Crippen LogP contribution < -0.4 is 0 Å². The molecule has 0 saturated carbocycles. The quantitative estimate of drug-likeness (QED) is 0.574. The Balaban J connectivity index is -0.0000000230. The predicted octanol–water partition coefficient (Wildman–Crippen LogP) is 2.69. The summed E-state index contributed by atoms with van der Waals surface area (Å²) < 4.78 is 0. The summed E-state index contributed by atoms with van der Waals surface area (Å²) in [5, 5.41) is 21.5. The number of nitrogens with zero attached hydrogens (tertiary/aromatic N) is 2. The van der Waals surface area contributed by atoms with Crippen LogP contribution in [0.2, 0.25) is 0 Å². The molecule has 0 radical (unpaired) electrons. The van der Waals surface area contributed by atoms with E-state index in [0.717, 1.165) is 5.34 Å². The summed E-state index contributed by atoms with van der Waals surface area (Å²) >= 11 is 0. The number of nitrogens with two attached hydrogens (primary N) is 1. The predicted molar refractivity (Wildman–Crippen MR) is 58.4 cm³/mol. The van der Waals surface area contributed by atoms with Crippen molar-refractivity contribution in [2.45, 2.75) is 0 Å². The molecular formula is C4H16CoN7O5-2. The average Bonchev–Trinajstić information content (AvgIpc) is 2.18. The van der Waals surface area contributed by atoms with Crippen LogP contribution in [0.25, 0.3) is 29.1 Å². The molecule has 13 heteroatoms. The second-order valence-corrected chi connectivity index (χ2v) is 1.33. The Hall–Kier alpha value is -1.09. The molecule has 8 N–H and O–H groups in total. The molecule has 12 nitrogen and oxygen atoms in total. The zero-order chi connectivity index (χ0) is 13.1. The van der Waals surface area contributed by atoms with Gasteiger partial charge in [0.1, 0.15) is 4.91 Å². The van der Waals surface area contributed by atoms with E-state index in [1.807, 2.05) is 0 Å². The van der Waals surface area contributed by atoms with Crippen LogP contribution >= 0.6 is 0 Å². The third-order valence-electron chi connectivity index (χ3n) is 0.250. The molecule has 0 bridgehead atoms. The van der Waals surface area contributed by atoms with Crippen LogP contribution in [-0.4, -0.2) is 41.7 Å². The summed E-state index contributed by atoms with van der Waals surface area (Å²) in [4.78, 5) is 16.5. The first-order chi connectivity index (χ1) is 6.97. The maximum Gasteiger partial charge on any atom is 3.00 e. The van der Waals surface area contributed by atoms with Crippen molar-refractivity contribution in [2.75, 3.05) is 26.2 Å². The minimum absolute atomic E-state index is 0. The SMILES string of the molecule is O=N[O-].O=[N+](O)O.[Co+3].[NH-]CC[NH-].[NH-]CC[NH-].[NH2-]. The van der Waals surface area contributed by atoms with E-state index in [2.05, 4.69) is 0 Å². The van der Waals surface area contributed by atoms with Crippen LogP contribution in [0.3, 0.4) is 0 Å². The molecule has 0 rings (SSSR count). The number of nitrogens with one attached hydrogen (secondary N) is 4. The largest absolute Gasteiger partial charge is 3.00 e. The van der Waals surface area contributed by atoms with E-state index in [9.17, 15) is 0 Å². The Morgan fingerprint density at radius 2 is 1.06 bits per heavy atom. The van der Waals surface area contributed by atoms with Crippen molar-refractivity contribution in [3.8, 4) is 0 Å². The van der Waals surface area contributed by atoms with Crippen LogP contribution in [0, 0.1) is 15.0 Å². The van der Waals surface area contributed by atoms with Crippen molar-refractivity contribution < 1.29 is 32.3 Å². The Bertz CT molecular complexity index is 108. The first-order valence-corrected chi connectivity index (χ1v) is 3.36. The number of hydrogen-bond donors (Lipinski definition) is 2. The standard InChI is InChI=1S/2C2H6N2.Co.H2NO3.HNO2.H2N/c2*3-1-2-4;;2-1(3)4;2-1-3;/h2*3-4H,1-2H2;;(H2,2,3,4);(H,2,3);1H2/q2*-2;+3;+1;;-1/p-1. The summed E-state index contributed by atoms with van der Waals surface area (Å²) in [6.45, 7) is 0.944. The van der Waals surface area contributed by atoms with Gasteiger partial charge in [0.15, 0.2) is 0 Å². The van der Waals surface area contributed by atoms with Gasteiger partial charge in [-0.1, -0.05) is 0 Å². The van der Waals surface area contributed by atoms with Gasteiger partial charge in [0.2, 0.25) is 0 Å². The molecule has 0 aliphatic heterocycles. The number of rotatable bonds is 2. The van der Waals surface area contributed by atoms with Crippen LogP contribution in [0.15, 0.2) is 5.34 Å². The van der Waals surface area contributed by atoms with E-state index in [0.29, 0.717) is 0 Å². The third-order valence-corrected chi connectivity index (χ3v) is 0.250. The fraction of sp³-hybridized carbons (Fsp3) is 1.00. The Kier molecular flexibility index (Phi) is 128. The van der Waals surface area contributed by atoms with Gasteiger partial charge in [-0.3, -0.25) is 0 Å². The summed E-state index contributed by atoms with van der Waals surface area (Å²) in [7, 11) is 0. The van der Waals surface area contributed by atoms with E-state index in [4.69, 9.17) is 48.4 Å². The molecule has 0 unspecified atom stereocenters. The van der Waals surface area contributed by atoms with Crippen molar-refractivity contribution >= 4 is 0 Å². The summed E-state index contributed by atoms with van der Waals surface area (Å²) in [5.74, 6) is 0. The van der Waals surface area contributed by atoms with E-state index < -0.39 is 5.09 Å². The van der Waals surface area contributed by atoms with Gasteiger partial charge in [0.25, 0.3) is 0 Å². The molecule has 0 amide bonds. The molecule has 0 aromatic rings. The van der Waals surface area contributed by atoms with Gasteiger partial charge in [-0.15, -0.1) is 5.34 Å². The first-order valence-electron chi connectivity index (χ1n) is 3.36. The van der Waals surface area contributed by atoms with Crippen molar-refractivity contribution in [1.82, 2.24) is 0 Å². The normalized spacial score (nSPS) is 5.65. The third kappa shape index (κ3) is 3020. The molecule has 0 aromatic carbocycles. The van der Waals surface area contributed by atoms with Crippen LogP contribution in [0.1, 0.15) is 0 Å². The van der Waals surface area contributed by atoms with Crippen molar-refractivity contribution in [3.05, 3.63) is 44.1 Å². The van der Waals surface area contributed by atoms with Gasteiger partial charge in [-0.2, -0.15) is 26.2 Å². The molecule has 17 heavy (non-hydrogen) atoms. The smallest absolute Gasteiger partial charge is 0.693 e. The fourth-order valence-electron chi connectivity index (χ4n) is 0. The van der Waals surface area contributed by atoms with E-state index in [-0.39, 0.29) is 49.1 Å². The molecule has 0 spiro atoms. The zero-order valence-corrected chi connectivity index (χ0v) is 9.79. The molecule has 0 saturated heterocycles. The van der Waals surface area contributed by atoms with Crippen LogP contribution in [0.4, 0.5) is 0 Å². The Morgan fingerprint density at radius 1 is 1.00 bits per heavy atom. The topological polar surface area (TPSA) is 242 Å². The van der Waals surface area contributed by atoms with E-state index in [1.165, 1.54) is 0 Å². The molecule has 108 valence electrons. The van der Waals surface area contributed by atoms with Crippen LogP contribution in [-0.2, 0) is 16.8 Å². The minimum atomic E-state index is -1.25. The van der Waals surface area contributed by atoms with Gasteiger partial charge in [-0.25, -0.2) is 10.4 Å². The average molecular weight is 301 g/mol. The minimum Gasteiger partial charge on any atom is -0.693 e. The molecule has 0 aromatic heterocycles. The van der Waals surface area contributed by atoms with Gasteiger partial charge < -0.3 is 39.2 Å². The fourth-order valence-corrected chi connectivity index (χ4v) is 0. The maximum atomic E-state index is 8.47. The van der Waals surface area contributed by atoms with Crippen LogP contribution in [0.5, 0.6) is 0 Å². The van der Waals surface area contributed by atoms with E-state index >= 15 is 0 Å². The van der Waals surface area contributed by atoms with Crippen molar-refractivity contribution in [2.24, 2.45) is 5.34 Å². The first kappa shape index (κ1) is 36.0. The maximum absolute atomic E-state index is 8.47. The molecule has 0 heterocycles. The molecule has 0 aliphatic rings. The molecular weight excluding hydrogens is 285 g/mol. The van der Waals surface area contributed by atoms with Crippen molar-refractivity contribution in [3.63, 3.8) is 0 Å². The Labute approximate surface area is 109 Å². The molecule has 0 fully saturated rings. The second-order valence-electron chi connectivity index (χ2n) is 1.33. The summed E-state index contributed by atoms with van der Waals surface area (Å²) in [6, 6.07) is 0. The van der Waals surface area contributed by atoms with Gasteiger partial charge >= 0.3 is 21.9 Å². The van der Waals surface area contributed by atoms with Gasteiger partial charge in [0.05, 0.1) is 0 Å². The van der Waals surface area contributed by atoms with E-state index in [1.54, 1.807) is 0 Å². The molecule has 0 aliphatic carbocycles. The zero-order valence-electron chi connectivity index (χ0n) is 8.75. The van der Waals surface area contributed by atoms with Gasteiger partial charge in [0, 0.05) is 0 Å².